The van der Waals surface area contributed by atoms with Crippen molar-refractivity contribution in [3.63, 3.8) is 0 Å². The van der Waals surface area contributed by atoms with Crippen LogP contribution in [0.3, 0.4) is 0 Å². The Labute approximate surface area is 127 Å². The summed E-state index contributed by atoms with van der Waals surface area (Å²) in [6.07, 6.45) is 1.08. The van der Waals surface area contributed by atoms with E-state index in [2.05, 4.69) is 68.6 Å². The van der Waals surface area contributed by atoms with Crippen molar-refractivity contribution in [2.45, 2.75) is 39.2 Å². The molecule has 21 heavy (non-hydrogen) atoms. The Morgan fingerprint density at radius 2 is 1.62 bits per heavy atom. The number of ether oxygens (including phenoxy) is 1. The van der Waals surface area contributed by atoms with E-state index in [0.29, 0.717) is 0 Å². The first-order valence-corrected chi connectivity index (χ1v) is 7.63. The first kappa shape index (κ1) is 14.2. The topological polar surface area (TPSA) is 21.3 Å². The Morgan fingerprint density at radius 1 is 0.905 bits per heavy atom. The Morgan fingerprint density at radius 3 is 2.33 bits per heavy atom. The van der Waals surface area contributed by atoms with Crippen molar-refractivity contribution < 1.29 is 4.74 Å². The number of rotatable bonds is 2. The maximum Gasteiger partial charge on any atom is 0.127 e. The van der Waals surface area contributed by atoms with Crippen LogP contribution in [0.1, 0.15) is 37.5 Å². The molecule has 0 aliphatic carbocycles. The standard InChI is InChI=1S/C19H23NO/c1-19(2,3)16-5-8-17(9-6-16)21-18-7-4-15-13-20-11-10-14(15)12-18/h4-9,12,20H,10-11,13H2,1-3H3. The van der Waals surface area contributed by atoms with Crippen LogP contribution in [-0.2, 0) is 18.4 Å². The lowest BCUT2D eigenvalue weighted by Gasteiger charge is -2.20. The summed E-state index contributed by atoms with van der Waals surface area (Å²) in [7, 11) is 0. The lowest BCUT2D eigenvalue weighted by molar-refractivity contribution is 0.479. The van der Waals surface area contributed by atoms with Gasteiger partial charge in [0.15, 0.2) is 0 Å². The van der Waals surface area contributed by atoms with Gasteiger partial charge in [0.05, 0.1) is 0 Å². The maximum absolute atomic E-state index is 5.99. The molecular formula is C19H23NO. The van der Waals surface area contributed by atoms with Gasteiger partial charge in [-0.25, -0.2) is 0 Å². The van der Waals surface area contributed by atoms with Crippen molar-refractivity contribution in [2.24, 2.45) is 0 Å². The molecule has 0 amide bonds. The summed E-state index contributed by atoms with van der Waals surface area (Å²) in [5.74, 6) is 1.83. The summed E-state index contributed by atoms with van der Waals surface area (Å²) in [5.41, 5.74) is 4.29. The summed E-state index contributed by atoms with van der Waals surface area (Å²) < 4.78 is 5.99. The molecule has 0 unspecified atom stereocenters. The molecule has 0 atom stereocenters. The summed E-state index contributed by atoms with van der Waals surface area (Å²) in [6.45, 7) is 8.69. The predicted molar refractivity (Wildman–Crippen MR) is 87.1 cm³/mol. The summed E-state index contributed by atoms with van der Waals surface area (Å²) in [6, 6.07) is 14.8. The van der Waals surface area contributed by atoms with Gasteiger partial charge in [-0.1, -0.05) is 39.0 Å². The van der Waals surface area contributed by atoms with Crippen LogP contribution in [0.15, 0.2) is 42.5 Å². The molecule has 1 aliphatic rings. The van der Waals surface area contributed by atoms with E-state index in [1.165, 1.54) is 16.7 Å². The first-order valence-electron chi connectivity index (χ1n) is 7.63. The molecule has 0 bridgehead atoms. The molecule has 0 saturated carbocycles. The number of fused-ring (bicyclic) bond motifs is 1. The van der Waals surface area contributed by atoms with E-state index >= 15 is 0 Å². The molecule has 3 rings (SSSR count). The molecule has 1 aliphatic heterocycles. The molecule has 0 spiro atoms. The van der Waals surface area contributed by atoms with Gasteiger partial charge >= 0.3 is 0 Å². The second-order valence-electron chi connectivity index (χ2n) is 6.73. The van der Waals surface area contributed by atoms with Gasteiger partial charge in [0, 0.05) is 6.54 Å². The number of nitrogens with one attached hydrogen (secondary N) is 1. The average Bonchev–Trinajstić information content (AvgIpc) is 2.47. The van der Waals surface area contributed by atoms with Crippen molar-refractivity contribution in [1.82, 2.24) is 5.32 Å². The van der Waals surface area contributed by atoms with Crippen LogP contribution in [0.4, 0.5) is 0 Å². The van der Waals surface area contributed by atoms with Crippen LogP contribution >= 0.6 is 0 Å². The van der Waals surface area contributed by atoms with E-state index in [-0.39, 0.29) is 5.41 Å². The zero-order valence-corrected chi connectivity index (χ0v) is 13.1. The van der Waals surface area contributed by atoms with Gasteiger partial charge in [-0.3, -0.25) is 0 Å². The summed E-state index contributed by atoms with van der Waals surface area (Å²) >= 11 is 0. The largest absolute Gasteiger partial charge is 0.457 e. The zero-order chi connectivity index (χ0) is 14.9. The van der Waals surface area contributed by atoms with Crippen molar-refractivity contribution in [3.05, 3.63) is 59.2 Å². The van der Waals surface area contributed by atoms with Crippen molar-refractivity contribution in [3.8, 4) is 11.5 Å². The number of hydrogen-bond donors (Lipinski definition) is 1. The van der Waals surface area contributed by atoms with Crippen molar-refractivity contribution in [2.75, 3.05) is 6.54 Å². The Hall–Kier alpha value is -1.80. The quantitative estimate of drug-likeness (QED) is 0.879. The van der Waals surface area contributed by atoms with E-state index in [1.54, 1.807) is 0 Å². The van der Waals surface area contributed by atoms with Gasteiger partial charge in [-0.15, -0.1) is 0 Å². The van der Waals surface area contributed by atoms with Crippen LogP contribution in [0.2, 0.25) is 0 Å². The molecule has 2 nitrogen and oxygen atoms in total. The highest BCUT2D eigenvalue weighted by Gasteiger charge is 2.13. The molecule has 0 aromatic heterocycles. The first-order chi connectivity index (χ1) is 10.0. The molecule has 0 radical (unpaired) electrons. The fraction of sp³-hybridized carbons (Fsp3) is 0.368. The van der Waals surface area contributed by atoms with Gasteiger partial charge in [-0.2, -0.15) is 0 Å². The number of hydrogen-bond acceptors (Lipinski definition) is 2. The minimum atomic E-state index is 0.178. The fourth-order valence-corrected chi connectivity index (χ4v) is 2.68. The fourth-order valence-electron chi connectivity index (χ4n) is 2.68. The summed E-state index contributed by atoms with van der Waals surface area (Å²) in [5, 5.41) is 3.39. The van der Waals surface area contributed by atoms with Gasteiger partial charge in [-0.05, 0) is 59.3 Å². The normalized spacial score (nSPS) is 14.6. The summed E-state index contributed by atoms with van der Waals surface area (Å²) in [4.78, 5) is 0. The second-order valence-corrected chi connectivity index (χ2v) is 6.73. The van der Waals surface area contributed by atoms with Crippen molar-refractivity contribution in [1.29, 1.82) is 0 Å². The van der Waals surface area contributed by atoms with Crippen LogP contribution in [0.5, 0.6) is 11.5 Å². The monoisotopic (exact) mass is 281 g/mol. The van der Waals surface area contributed by atoms with Gasteiger partial charge in [0.2, 0.25) is 0 Å². The molecule has 2 heteroatoms. The highest BCUT2D eigenvalue weighted by atomic mass is 16.5. The molecule has 1 N–H and O–H groups in total. The van der Waals surface area contributed by atoms with Crippen LogP contribution in [-0.4, -0.2) is 6.54 Å². The lowest BCUT2D eigenvalue weighted by atomic mass is 9.87. The third kappa shape index (κ3) is 3.27. The SMILES string of the molecule is CC(C)(C)c1ccc(Oc2ccc3c(c2)CCNC3)cc1. The Bertz CT molecular complexity index is 623. The minimum absolute atomic E-state index is 0.178. The van der Waals surface area contributed by atoms with E-state index in [9.17, 15) is 0 Å². The molecule has 0 fully saturated rings. The smallest absolute Gasteiger partial charge is 0.127 e. The molecular weight excluding hydrogens is 258 g/mol. The van der Waals surface area contributed by atoms with Gasteiger partial charge in [0.1, 0.15) is 11.5 Å². The second kappa shape index (κ2) is 5.53. The molecule has 1 heterocycles. The van der Waals surface area contributed by atoms with Crippen LogP contribution in [0.25, 0.3) is 0 Å². The van der Waals surface area contributed by atoms with E-state index < -0.39 is 0 Å². The third-order valence-electron chi connectivity index (χ3n) is 4.02. The van der Waals surface area contributed by atoms with Gasteiger partial charge in [0.25, 0.3) is 0 Å². The molecule has 110 valence electrons. The minimum Gasteiger partial charge on any atom is -0.457 e. The lowest BCUT2D eigenvalue weighted by Crippen LogP contribution is -2.23. The number of benzene rings is 2. The molecule has 2 aromatic rings. The van der Waals surface area contributed by atoms with E-state index in [1.807, 2.05) is 0 Å². The molecule has 2 aromatic carbocycles. The van der Waals surface area contributed by atoms with Crippen LogP contribution in [0, 0.1) is 0 Å². The van der Waals surface area contributed by atoms with E-state index in [4.69, 9.17) is 4.74 Å². The zero-order valence-electron chi connectivity index (χ0n) is 13.1. The highest BCUT2D eigenvalue weighted by Crippen LogP contribution is 2.28. The van der Waals surface area contributed by atoms with Gasteiger partial charge < -0.3 is 10.1 Å². The Balaban J connectivity index is 1.77. The highest BCUT2D eigenvalue weighted by molar-refractivity contribution is 5.40. The molecule has 0 saturated heterocycles. The predicted octanol–water partition coefficient (Wildman–Crippen LogP) is 4.42. The maximum atomic E-state index is 5.99. The van der Waals surface area contributed by atoms with E-state index in [0.717, 1.165) is 31.0 Å². The van der Waals surface area contributed by atoms with Crippen molar-refractivity contribution >= 4 is 0 Å². The Kier molecular flexibility index (Phi) is 3.73. The van der Waals surface area contributed by atoms with Crippen LogP contribution < -0.4 is 10.1 Å². The average molecular weight is 281 g/mol. The third-order valence-corrected chi connectivity index (χ3v) is 4.02.